The molecule has 0 bridgehead atoms. The average Bonchev–Trinajstić information content (AvgIpc) is 2.53. The van der Waals surface area contributed by atoms with Crippen LogP contribution in [0.5, 0.6) is 0 Å². The Balaban J connectivity index is 2.37. The summed E-state index contributed by atoms with van der Waals surface area (Å²) in [5, 5.41) is 0. The fourth-order valence-electron chi connectivity index (χ4n) is 1.46. The molecule has 0 unspecified atom stereocenters. The number of hydrogen-bond acceptors (Lipinski definition) is 3. The first-order valence-corrected chi connectivity index (χ1v) is 5.09. The third kappa shape index (κ3) is 3.47. The van der Waals surface area contributed by atoms with Crippen LogP contribution in [0.2, 0.25) is 0 Å². The van der Waals surface area contributed by atoms with Crippen molar-refractivity contribution in [1.82, 2.24) is 14.5 Å². The van der Waals surface area contributed by atoms with Gasteiger partial charge in [0.1, 0.15) is 5.82 Å². The molecule has 2 N–H and O–H groups in total. The third-order valence-corrected chi connectivity index (χ3v) is 2.17. The molecule has 0 amide bonds. The lowest BCUT2D eigenvalue weighted by atomic mass is 10.3. The number of imidazole rings is 1. The van der Waals surface area contributed by atoms with Crippen LogP contribution in [0, 0.1) is 0 Å². The number of rotatable bonds is 6. The molecule has 1 heterocycles. The summed E-state index contributed by atoms with van der Waals surface area (Å²) in [6.07, 6.45) is 5.90. The van der Waals surface area contributed by atoms with Gasteiger partial charge in [0.2, 0.25) is 0 Å². The van der Waals surface area contributed by atoms with Crippen molar-refractivity contribution >= 4 is 0 Å². The fourth-order valence-corrected chi connectivity index (χ4v) is 1.46. The number of aromatic nitrogens is 2. The Kier molecular flexibility index (Phi) is 4.62. The largest absolute Gasteiger partial charge is 0.335 e. The van der Waals surface area contributed by atoms with E-state index in [1.165, 1.54) is 0 Å². The molecular formula is C10H20N4. The molecule has 0 atom stereocenters. The summed E-state index contributed by atoms with van der Waals surface area (Å²) >= 11 is 0. The average molecular weight is 196 g/mol. The zero-order chi connectivity index (χ0) is 10.4. The van der Waals surface area contributed by atoms with E-state index in [4.69, 9.17) is 5.73 Å². The van der Waals surface area contributed by atoms with Gasteiger partial charge in [-0.3, -0.25) is 0 Å². The van der Waals surface area contributed by atoms with Gasteiger partial charge in [0.25, 0.3) is 0 Å². The topological polar surface area (TPSA) is 47.1 Å². The van der Waals surface area contributed by atoms with Crippen LogP contribution in [-0.4, -0.2) is 41.6 Å². The first-order chi connectivity index (χ1) is 6.74. The van der Waals surface area contributed by atoms with Gasteiger partial charge in [0.15, 0.2) is 0 Å². The van der Waals surface area contributed by atoms with E-state index < -0.39 is 0 Å². The van der Waals surface area contributed by atoms with Gasteiger partial charge in [-0.05, 0) is 33.6 Å². The molecule has 1 aromatic heterocycles. The van der Waals surface area contributed by atoms with Gasteiger partial charge in [0.05, 0.1) is 0 Å². The van der Waals surface area contributed by atoms with Gasteiger partial charge in [-0.25, -0.2) is 4.98 Å². The Morgan fingerprint density at radius 1 is 1.50 bits per heavy atom. The van der Waals surface area contributed by atoms with Crippen molar-refractivity contribution in [2.24, 2.45) is 5.73 Å². The van der Waals surface area contributed by atoms with Gasteiger partial charge in [0, 0.05) is 25.4 Å². The standard InChI is InChI=1S/C10H20N4/c1-13(2)7-3-8-14-9-6-12-10(14)4-5-11/h6,9H,3-5,7-8,11H2,1-2H3. The molecule has 4 nitrogen and oxygen atoms in total. The second-order valence-electron chi connectivity index (χ2n) is 3.73. The number of aryl methyl sites for hydroxylation is 1. The van der Waals surface area contributed by atoms with Crippen LogP contribution in [0.25, 0.3) is 0 Å². The normalized spacial score (nSPS) is 11.1. The molecule has 0 fully saturated rings. The van der Waals surface area contributed by atoms with Crippen LogP contribution in [0.15, 0.2) is 12.4 Å². The summed E-state index contributed by atoms with van der Waals surface area (Å²) < 4.78 is 2.19. The fraction of sp³-hybridized carbons (Fsp3) is 0.700. The lowest BCUT2D eigenvalue weighted by molar-refractivity contribution is 0.384. The Bertz CT molecular complexity index is 254. The monoisotopic (exact) mass is 196 g/mol. The molecule has 0 aromatic carbocycles. The summed E-state index contributed by atoms with van der Waals surface area (Å²) in [6, 6.07) is 0. The summed E-state index contributed by atoms with van der Waals surface area (Å²) in [6.45, 7) is 2.82. The van der Waals surface area contributed by atoms with E-state index in [1.54, 1.807) is 0 Å². The van der Waals surface area contributed by atoms with Crippen LogP contribution in [0.1, 0.15) is 12.2 Å². The molecule has 1 rings (SSSR count). The van der Waals surface area contributed by atoms with E-state index in [1.807, 2.05) is 12.4 Å². The summed E-state index contributed by atoms with van der Waals surface area (Å²) in [5.41, 5.74) is 5.50. The highest BCUT2D eigenvalue weighted by Crippen LogP contribution is 2.00. The lowest BCUT2D eigenvalue weighted by Gasteiger charge is -2.11. The Hall–Kier alpha value is -0.870. The summed E-state index contributed by atoms with van der Waals surface area (Å²) in [5.74, 6) is 1.10. The summed E-state index contributed by atoms with van der Waals surface area (Å²) in [4.78, 5) is 6.47. The van der Waals surface area contributed by atoms with E-state index in [0.29, 0.717) is 6.54 Å². The van der Waals surface area contributed by atoms with E-state index in [0.717, 1.165) is 31.8 Å². The maximum atomic E-state index is 5.50. The predicted molar refractivity (Wildman–Crippen MR) is 58.2 cm³/mol. The molecule has 0 aliphatic heterocycles. The Labute approximate surface area is 85.7 Å². The van der Waals surface area contributed by atoms with Gasteiger partial charge in [-0.2, -0.15) is 0 Å². The molecule has 0 aliphatic rings. The van der Waals surface area contributed by atoms with Crippen LogP contribution < -0.4 is 5.73 Å². The van der Waals surface area contributed by atoms with Gasteiger partial charge in [-0.1, -0.05) is 0 Å². The molecular weight excluding hydrogens is 176 g/mol. The van der Waals surface area contributed by atoms with Crippen LogP contribution in [-0.2, 0) is 13.0 Å². The highest BCUT2D eigenvalue weighted by Gasteiger charge is 2.00. The van der Waals surface area contributed by atoms with Crippen molar-refractivity contribution < 1.29 is 0 Å². The van der Waals surface area contributed by atoms with Crippen LogP contribution in [0.3, 0.4) is 0 Å². The number of hydrogen-bond donors (Lipinski definition) is 1. The zero-order valence-electron chi connectivity index (χ0n) is 9.11. The number of nitrogens with zero attached hydrogens (tertiary/aromatic N) is 3. The van der Waals surface area contributed by atoms with Gasteiger partial charge in [-0.15, -0.1) is 0 Å². The molecule has 0 saturated heterocycles. The second-order valence-corrected chi connectivity index (χ2v) is 3.73. The van der Waals surface area contributed by atoms with Crippen molar-refractivity contribution in [2.75, 3.05) is 27.2 Å². The highest BCUT2D eigenvalue weighted by atomic mass is 15.1. The number of nitrogens with two attached hydrogens (primary N) is 1. The van der Waals surface area contributed by atoms with Gasteiger partial charge < -0.3 is 15.2 Å². The smallest absolute Gasteiger partial charge is 0.109 e. The molecule has 0 spiro atoms. The molecule has 80 valence electrons. The maximum Gasteiger partial charge on any atom is 0.109 e. The first-order valence-electron chi connectivity index (χ1n) is 5.09. The Morgan fingerprint density at radius 3 is 2.93 bits per heavy atom. The molecule has 0 radical (unpaired) electrons. The van der Waals surface area contributed by atoms with Crippen molar-refractivity contribution in [3.8, 4) is 0 Å². The van der Waals surface area contributed by atoms with Crippen LogP contribution >= 0.6 is 0 Å². The molecule has 14 heavy (non-hydrogen) atoms. The lowest BCUT2D eigenvalue weighted by Crippen LogP contribution is -2.16. The maximum absolute atomic E-state index is 5.50. The minimum atomic E-state index is 0.671. The van der Waals surface area contributed by atoms with Crippen molar-refractivity contribution in [2.45, 2.75) is 19.4 Å². The molecule has 0 saturated carbocycles. The quantitative estimate of drug-likeness (QED) is 0.713. The van der Waals surface area contributed by atoms with Crippen molar-refractivity contribution in [3.05, 3.63) is 18.2 Å². The minimum absolute atomic E-state index is 0.671. The summed E-state index contributed by atoms with van der Waals surface area (Å²) in [7, 11) is 4.18. The van der Waals surface area contributed by atoms with Crippen molar-refractivity contribution in [1.29, 1.82) is 0 Å². The minimum Gasteiger partial charge on any atom is -0.335 e. The zero-order valence-corrected chi connectivity index (χ0v) is 9.11. The third-order valence-electron chi connectivity index (χ3n) is 2.17. The van der Waals surface area contributed by atoms with E-state index in [-0.39, 0.29) is 0 Å². The SMILES string of the molecule is CN(C)CCCn1ccnc1CCN. The van der Waals surface area contributed by atoms with Crippen LogP contribution in [0.4, 0.5) is 0 Å². The van der Waals surface area contributed by atoms with Crippen molar-refractivity contribution in [3.63, 3.8) is 0 Å². The first kappa shape index (κ1) is 11.2. The Morgan fingerprint density at radius 2 is 2.29 bits per heavy atom. The molecule has 1 aromatic rings. The molecule has 4 heteroatoms. The van der Waals surface area contributed by atoms with E-state index in [9.17, 15) is 0 Å². The van der Waals surface area contributed by atoms with Gasteiger partial charge >= 0.3 is 0 Å². The highest BCUT2D eigenvalue weighted by molar-refractivity contribution is 4.92. The second kappa shape index (κ2) is 5.78. The van der Waals surface area contributed by atoms with E-state index >= 15 is 0 Å². The predicted octanol–water partition coefficient (Wildman–Crippen LogP) is 0.336. The molecule has 0 aliphatic carbocycles. The van der Waals surface area contributed by atoms with E-state index in [2.05, 4.69) is 28.5 Å².